The molecule has 0 aromatic rings. The monoisotopic (exact) mass is 436 g/mol. The van der Waals surface area contributed by atoms with E-state index in [9.17, 15) is 8.42 Å². The van der Waals surface area contributed by atoms with E-state index in [1.165, 1.54) is 42.8 Å². The molecule has 0 saturated carbocycles. The van der Waals surface area contributed by atoms with E-state index in [4.69, 9.17) is 15.2 Å². The van der Waals surface area contributed by atoms with Gasteiger partial charge < -0.3 is 15.2 Å². The summed E-state index contributed by atoms with van der Waals surface area (Å²) < 4.78 is 38.2. The van der Waals surface area contributed by atoms with Crippen molar-refractivity contribution < 1.29 is 17.9 Å². The lowest BCUT2D eigenvalue weighted by atomic mass is 10.1. The van der Waals surface area contributed by atoms with Crippen LogP contribution in [0, 0.1) is 0 Å². The summed E-state index contributed by atoms with van der Waals surface area (Å²) in [5, 5.41) is 0. The van der Waals surface area contributed by atoms with Gasteiger partial charge in [0.25, 0.3) is 0 Å². The molecule has 0 fully saturated rings. The molecule has 2 N–H and O–H groups in total. The van der Waals surface area contributed by atoms with E-state index in [0.717, 1.165) is 25.7 Å². The minimum atomic E-state index is -3.37. The molecule has 0 aromatic heterocycles. The minimum Gasteiger partial charge on any atom is -0.377 e. The second-order valence-corrected chi connectivity index (χ2v) is 10.2. The van der Waals surface area contributed by atoms with Crippen LogP contribution in [-0.2, 0) is 19.5 Å². The Labute approximate surface area is 180 Å². The Kier molecular flexibility index (Phi) is 18.4. The highest BCUT2D eigenvalue weighted by atomic mass is 32.2. The van der Waals surface area contributed by atoms with Crippen molar-refractivity contribution >= 4 is 10.0 Å². The third-order valence-corrected chi connectivity index (χ3v) is 7.09. The number of nitrogens with two attached hydrogens (primary N) is 1. The summed E-state index contributed by atoms with van der Waals surface area (Å²) in [4.78, 5) is 0. The normalized spacial score (nSPS) is 14.4. The lowest BCUT2D eigenvalue weighted by molar-refractivity contribution is 0.0356. The lowest BCUT2D eigenvalue weighted by Gasteiger charge is -2.24. The number of unbranched alkanes of at least 4 members (excludes halogenated alkanes) is 6. The van der Waals surface area contributed by atoms with Crippen LogP contribution in [0.5, 0.6) is 0 Å². The number of sulfonamides is 1. The van der Waals surface area contributed by atoms with E-state index in [2.05, 4.69) is 27.7 Å². The van der Waals surface area contributed by atoms with Crippen LogP contribution in [0.1, 0.15) is 91.9 Å². The van der Waals surface area contributed by atoms with E-state index in [1.807, 2.05) is 0 Å². The number of hydrogen-bond acceptors (Lipinski definition) is 5. The van der Waals surface area contributed by atoms with Crippen molar-refractivity contribution in [2.45, 2.75) is 104 Å². The topological polar surface area (TPSA) is 81.9 Å². The summed E-state index contributed by atoms with van der Waals surface area (Å²) in [7, 11) is -3.37. The first-order valence-corrected chi connectivity index (χ1v) is 13.4. The Hall–Kier alpha value is -0.210. The van der Waals surface area contributed by atoms with Crippen LogP contribution < -0.4 is 5.73 Å². The molecule has 0 saturated heterocycles. The fourth-order valence-corrected chi connectivity index (χ4v) is 4.52. The Morgan fingerprint density at radius 3 is 1.62 bits per heavy atom. The summed E-state index contributed by atoms with van der Waals surface area (Å²) >= 11 is 0. The van der Waals surface area contributed by atoms with Gasteiger partial charge in [-0.25, -0.2) is 8.42 Å². The average molecular weight is 437 g/mol. The molecule has 0 aliphatic rings. The van der Waals surface area contributed by atoms with Crippen LogP contribution in [0.2, 0.25) is 0 Å². The third kappa shape index (κ3) is 16.2. The van der Waals surface area contributed by atoms with Crippen LogP contribution in [0.15, 0.2) is 0 Å². The van der Waals surface area contributed by atoms with Crippen molar-refractivity contribution in [2.24, 2.45) is 5.73 Å². The van der Waals surface area contributed by atoms with Crippen molar-refractivity contribution in [3.05, 3.63) is 0 Å². The molecule has 2 atom stereocenters. The van der Waals surface area contributed by atoms with Gasteiger partial charge in [-0.15, -0.1) is 0 Å². The lowest BCUT2D eigenvalue weighted by Crippen LogP contribution is -2.40. The molecular weight excluding hydrogens is 388 g/mol. The second kappa shape index (κ2) is 18.6. The number of nitrogens with zero attached hydrogens (tertiary/aromatic N) is 1. The van der Waals surface area contributed by atoms with Crippen LogP contribution >= 0.6 is 0 Å². The second-order valence-electron chi connectivity index (χ2n) is 8.07. The van der Waals surface area contributed by atoms with Gasteiger partial charge in [-0.1, -0.05) is 65.2 Å². The van der Waals surface area contributed by atoms with Gasteiger partial charge in [0.05, 0.1) is 31.2 Å². The maximum absolute atomic E-state index is 12.5. The van der Waals surface area contributed by atoms with E-state index in [0.29, 0.717) is 26.3 Å². The Morgan fingerprint density at radius 2 is 1.24 bits per heavy atom. The smallest absolute Gasteiger partial charge is 0.215 e. The first-order valence-electron chi connectivity index (χ1n) is 11.8. The fourth-order valence-electron chi connectivity index (χ4n) is 3.26. The Bertz CT molecular complexity index is 436. The Balaban J connectivity index is 4.29. The predicted octanol–water partition coefficient (Wildman–Crippen LogP) is 4.33. The summed E-state index contributed by atoms with van der Waals surface area (Å²) in [5.41, 5.74) is 5.50. The van der Waals surface area contributed by atoms with E-state index in [1.54, 1.807) is 0 Å². The number of rotatable bonds is 21. The molecule has 0 heterocycles. The molecule has 0 spiro atoms. The van der Waals surface area contributed by atoms with Gasteiger partial charge in [-0.2, -0.15) is 4.31 Å². The molecule has 0 rings (SSSR count). The van der Waals surface area contributed by atoms with Crippen LogP contribution in [0.3, 0.4) is 0 Å². The molecule has 0 aromatic carbocycles. The van der Waals surface area contributed by atoms with Crippen molar-refractivity contribution in [1.82, 2.24) is 4.31 Å². The van der Waals surface area contributed by atoms with Crippen LogP contribution in [-0.4, -0.2) is 63.5 Å². The van der Waals surface area contributed by atoms with Gasteiger partial charge in [-0.05, 0) is 26.7 Å². The molecule has 176 valence electrons. The number of hydrogen-bond donors (Lipinski definition) is 1. The maximum atomic E-state index is 12.5. The van der Waals surface area contributed by atoms with Gasteiger partial charge >= 0.3 is 0 Å². The van der Waals surface area contributed by atoms with Gasteiger partial charge in [-0.3, -0.25) is 0 Å². The minimum absolute atomic E-state index is 0.0356. The summed E-state index contributed by atoms with van der Waals surface area (Å²) in [6.07, 6.45) is 12.1. The van der Waals surface area contributed by atoms with Gasteiger partial charge in [0.2, 0.25) is 10.0 Å². The SMILES string of the molecule is CCCCCCC(C)OCCN(CCOC(C)CCCCCC)S(=O)(=O)CCN. The first-order chi connectivity index (χ1) is 13.9. The number of ether oxygens (including phenoxy) is 2. The largest absolute Gasteiger partial charge is 0.377 e. The molecule has 6 nitrogen and oxygen atoms in total. The first kappa shape index (κ1) is 28.8. The van der Waals surface area contributed by atoms with Gasteiger partial charge in [0.1, 0.15) is 0 Å². The van der Waals surface area contributed by atoms with Crippen molar-refractivity contribution in [1.29, 1.82) is 0 Å². The highest BCUT2D eigenvalue weighted by Gasteiger charge is 2.21. The fraction of sp³-hybridized carbons (Fsp3) is 1.00. The summed E-state index contributed by atoms with van der Waals surface area (Å²) in [5.74, 6) is -0.0356. The third-order valence-electron chi connectivity index (χ3n) is 5.18. The molecule has 0 radical (unpaired) electrons. The molecular formula is C22H48N2O4S. The van der Waals surface area contributed by atoms with Crippen molar-refractivity contribution in [3.63, 3.8) is 0 Å². The maximum Gasteiger partial charge on any atom is 0.215 e. The highest BCUT2D eigenvalue weighted by Crippen LogP contribution is 2.10. The molecule has 7 heteroatoms. The zero-order valence-electron chi connectivity index (χ0n) is 19.5. The highest BCUT2D eigenvalue weighted by molar-refractivity contribution is 7.89. The average Bonchev–Trinajstić information content (AvgIpc) is 2.67. The molecule has 0 aliphatic heterocycles. The van der Waals surface area contributed by atoms with Crippen LogP contribution in [0.4, 0.5) is 0 Å². The molecule has 29 heavy (non-hydrogen) atoms. The van der Waals surface area contributed by atoms with Crippen molar-refractivity contribution in [2.75, 3.05) is 38.6 Å². The molecule has 0 aliphatic carbocycles. The molecule has 0 bridgehead atoms. The van der Waals surface area contributed by atoms with Gasteiger partial charge in [0, 0.05) is 19.6 Å². The Morgan fingerprint density at radius 1 is 0.793 bits per heavy atom. The zero-order valence-corrected chi connectivity index (χ0v) is 20.4. The molecule has 2 unspecified atom stereocenters. The zero-order chi connectivity index (χ0) is 22.0. The van der Waals surface area contributed by atoms with Crippen LogP contribution in [0.25, 0.3) is 0 Å². The van der Waals surface area contributed by atoms with E-state index >= 15 is 0 Å². The van der Waals surface area contributed by atoms with Crippen molar-refractivity contribution in [3.8, 4) is 0 Å². The van der Waals surface area contributed by atoms with Gasteiger partial charge in [0.15, 0.2) is 0 Å². The van der Waals surface area contributed by atoms with E-state index < -0.39 is 10.0 Å². The summed E-state index contributed by atoms with van der Waals surface area (Å²) in [6, 6.07) is 0. The quantitative estimate of drug-likeness (QED) is 0.271. The summed E-state index contributed by atoms with van der Waals surface area (Å²) in [6.45, 7) is 10.2. The standard InChI is InChI=1S/C22H48N2O4S/c1-5-7-9-11-13-21(3)27-18-16-24(29(25,26)20-15-23)17-19-28-22(4)14-12-10-8-6-2/h21-22H,5-20,23H2,1-4H3. The predicted molar refractivity (Wildman–Crippen MR) is 123 cm³/mol. The van der Waals surface area contributed by atoms with E-state index in [-0.39, 0.29) is 24.5 Å². The molecule has 0 amide bonds.